The highest BCUT2D eigenvalue weighted by Gasteiger charge is 2.14. The highest BCUT2D eigenvalue weighted by atomic mass is 35.5. The van der Waals surface area contributed by atoms with Crippen LogP contribution >= 0.6 is 23.2 Å². The monoisotopic (exact) mass is 467 g/mol. The number of hydrogen-bond acceptors (Lipinski definition) is 4. The number of nitrogens with zero attached hydrogens (tertiary/aromatic N) is 3. The highest BCUT2D eigenvalue weighted by molar-refractivity contribution is 6.33. The van der Waals surface area contributed by atoms with Crippen molar-refractivity contribution in [3.05, 3.63) is 101 Å². The second kappa shape index (κ2) is 8.00. The topological polar surface area (TPSA) is 51.8 Å². The Morgan fingerprint density at radius 2 is 1.24 bits per heavy atom. The SMILES string of the molecule is Clc1nc(-c2ccccc2)nc(-c2cc(-c3ccc4oc5ccccc5c4c3)ccc2Cl)n1. The van der Waals surface area contributed by atoms with Gasteiger partial charge in [0.1, 0.15) is 11.2 Å². The Morgan fingerprint density at radius 3 is 2.12 bits per heavy atom. The van der Waals surface area contributed by atoms with Gasteiger partial charge in [-0.2, -0.15) is 9.97 Å². The second-order valence-electron chi connectivity index (χ2n) is 7.62. The molecule has 33 heavy (non-hydrogen) atoms. The third kappa shape index (κ3) is 3.63. The molecular weight excluding hydrogens is 453 g/mol. The number of halogens is 2. The average Bonchev–Trinajstić information content (AvgIpc) is 3.22. The Kier molecular flexibility index (Phi) is 4.83. The van der Waals surface area contributed by atoms with E-state index >= 15 is 0 Å². The number of hydrogen-bond donors (Lipinski definition) is 0. The molecule has 158 valence electrons. The van der Waals surface area contributed by atoms with Crippen LogP contribution in [-0.2, 0) is 0 Å². The molecule has 6 aromatic rings. The first kappa shape index (κ1) is 19.9. The molecule has 0 radical (unpaired) electrons. The van der Waals surface area contributed by atoms with Crippen LogP contribution in [0.2, 0.25) is 10.3 Å². The molecule has 0 saturated heterocycles. The van der Waals surface area contributed by atoms with Crippen LogP contribution in [0.5, 0.6) is 0 Å². The molecule has 0 fully saturated rings. The Morgan fingerprint density at radius 1 is 0.545 bits per heavy atom. The summed E-state index contributed by atoms with van der Waals surface area (Å²) in [5.41, 5.74) is 5.29. The number of benzene rings is 4. The van der Waals surface area contributed by atoms with E-state index in [0.29, 0.717) is 22.2 Å². The number of para-hydroxylation sites is 1. The average molecular weight is 468 g/mol. The molecule has 0 bridgehead atoms. The van der Waals surface area contributed by atoms with Gasteiger partial charge in [-0.3, -0.25) is 0 Å². The summed E-state index contributed by atoms with van der Waals surface area (Å²) in [6.45, 7) is 0. The number of aromatic nitrogens is 3. The molecule has 2 heterocycles. The molecule has 4 aromatic carbocycles. The van der Waals surface area contributed by atoms with Crippen LogP contribution in [0, 0.1) is 0 Å². The Balaban J connectivity index is 1.48. The highest BCUT2D eigenvalue weighted by Crippen LogP contribution is 2.35. The van der Waals surface area contributed by atoms with Crippen LogP contribution in [0.3, 0.4) is 0 Å². The summed E-state index contributed by atoms with van der Waals surface area (Å²) in [5.74, 6) is 0.925. The van der Waals surface area contributed by atoms with Crippen molar-refractivity contribution < 1.29 is 4.42 Å². The van der Waals surface area contributed by atoms with Crippen LogP contribution < -0.4 is 0 Å². The van der Waals surface area contributed by atoms with Crippen molar-refractivity contribution in [3.8, 4) is 33.9 Å². The standard InChI is InChI=1S/C27H15Cl2N3O/c28-22-12-10-17(18-11-13-24-20(14-18)19-8-4-5-9-23(19)33-24)15-21(22)26-30-25(31-27(29)32-26)16-6-2-1-3-7-16/h1-15H. The van der Waals surface area contributed by atoms with E-state index in [9.17, 15) is 0 Å². The van der Waals surface area contributed by atoms with Gasteiger partial charge in [0.25, 0.3) is 0 Å². The van der Waals surface area contributed by atoms with E-state index in [1.54, 1.807) is 0 Å². The summed E-state index contributed by atoms with van der Waals surface area (Å²) in [4.78, 5) is 13.3. The van der Waals surface area contributed by atoms with E-state index < -0.39 is 0 Å². The molecule has 6 rings (SSSR count). The van der Waals surface area contributed by atoms with Crippen LogP contribution in [0.4, 0.5) is 0 Å². The second-order valence-corrected chi connectivity index (χ2v) is 8.37. The maximum Gasteiger partial charge on any atom is 0.226 e. The number of rotatable bonds is 3. The lowest BCUT2D eigenvalue weighted by molar-refractivity contribution is 0.669. The summed E-state index contributed by atoms with van der Waals surface area (Å²) in [7, 11) is 0. The fraction of sp³-hybridized carbons (Fsp3) is 0. The van der Waals surface area contributed by atoms with Crippen LogP contribution in [-0.4, -0.2) is 15.0 Å². The first-order valence-corrected chi connectivity index (χ1v) is 11.1. The molecule has 0 aliphatic heterocycles. The van der Waals surface area contributed by atoms with Gasteiger partial charge >= 0.3 is 0 Å². The van der Waals surface area contributed by atoms with Gasteiger partial charge in [-0.25, -0.2) is 4.98 Å². The van der Waals surface area contributed by atoms with E-state index in [4.69, 9.17) is 27.6 Å². The molecule has 0 amide bonds. The van der Waals surface area contributed by atoms with Crippen LogP contribution in [0.1, 0.15) is 0 Å². The fourth-order valence-electron chi connectivity index (χ4n) is 3.97. The lowest BCUT2D eigenvalue weighted by Gasteiger charge is -2.09. The molecule has 0 unspecified atom stereocenters. The lowest BCUT2D eigenvalue weighted by Crippen LogP contribution is -1.98. The molecule has 0 N–H and O–H groups in total. The zero-order chi connectivity index (χ0) is 22.4. The predicted molar refractivity (Wildman–Crippen MR) is 133 cm³/mol. The Hall–Kier alpha value is -3.73. The van der Waals surface area contributed by atoms with E-state index in [1.165, 1.54) is 0 Å². The zero-order valence-corrected chi connectivity index (χ0v) is 18.7. The summed E-state index contributed by atoms with van der Waals surface area (Å²) >= 11 is 12.8. The predicted octanol–water partition coefficient (Wildman–Crippen LogP) is 8.08. The minimum Gasteiger partial charge on any atom is -0.456 e. The minimum absolute atomic E-state index is 0.117. The van der Waals surface area contributed by atoms with Crippen molar-refractivity contribution in [2.24, 2.45) is 0 Å². The van der Waals surface area contributed by atoms with E-state index in [-0.39, 0.29) is 5.28 Å². The number of furan rings is 1. The van der Waals surface area contributed by atoms with Gasteiger partial charge in [0, 0.05) is 21.9 Å². The Bertz CT molecular complexity index is 1640. The van der Waals surface area contributed by atoms with E-state index in [1.807, 2.05) is 78.9 Å². The van der Waals surface area contributed by atoms with E-state index in [2.05, 4.69) is 27.1 Å². The lowest BCUT2D eigenvalue weighted by atomic mass is 10.0. The summed E-state index contributed by atoms with van der Waals surface area (Å²) in [6.07, 6.45) is 0. The molecule has 4 nitrogen and oxygen atoms in total. The minimum atomic E-state index is 0.117. The summed E-state index contributed by atoms with van der Waals surface area (Å²) in [6, 6.07) is 29.6. The van der Waals surface area contributed by atoms with Gasteiger partial charge < -0.3 is 4.42 Å². The smallest absolute Gasteiger partial charge is 0.226 e. The van der Waals surface area contributed by atoms with Crippen LogP contribution in [0.15, 0.2) is 95.4 Å². The first-order valence-electron chi connectivity index (χ1n) is 10.3. The summed E-state index contributed by atoms with van der Waals surface area (Å²) < 4.78 is 5.96. The van der Waals surface area contributed by atoms with Gasteiger partial charge in [0.05, 0.1) is 5.02 Å². The van der Waals surface area contributed by atoms with Crippen molar-refractivity contribution in [1.82, 2.24) is 15.0 Å². The third-order valence-electron chi connectivity index (χ3n) is 5.56. The quantitative estimate of drug-likeness (QED) is 0.264. The molecule has 0 aliphatic rings. The maximum absolute atomic E-state index is 6.57. The molecule has 0 saturated carbocycles. The Labute approximate surface area is 199 Å². The third-order valence-corrected chi connectivity index (χ3v) is 6.06. The van der Waals surface area contributed by atoms with Crippen molar-refractivity contribution in [3.63, 3.8) is 0 Å². The van der Waals surface area contributed by atoms with Crippen LogP contribution in [0.25, 0.3) is 55.8 Å². The first-order chi connectivity index (χ1) is 16.2. The van der Waals surface area contributed by atoms with Gasteiger partial charge in [0.15, 0.2) is 11.6 Å². The fourth-order valence-corrected chi connectivity index (χ4v) is 4.33. The molecular formula is C27H15Cl2N3O. The van der Waals surface area contributed by atoms with Gasteiger partial charge in [-0.05, 0) is 53.1 Å². The largest absolute Gasteiger partial charge is 0.456 e. The normalized spacial score (nSPS) is 11.3. The van der Waals surface area contributed by atoms with Gasteiger partial charge in [-0.1, -0.05) is 72.3 Å². The van der Waals surface area contributed by atoms with Crippen molar-refractivity contribution in [1.29, 1.82) is 0 Å². The molecule has 0 aliphatic carbocycles. The summed E-state index contributed by atoms with van der Waals surface area (Å²) in [5, 5.41) is 2.80. The molecule has 0 spiro atoms. The van der Waals surface area contributed by atoms with Gasteiger partial charge in [-0.15, -0.1) is 0 Å². The zero-order valence-electron chi connectivity index (χ0n) is 17.2. The number of fused-ring (bicyclic) bond motifs is 3. The maximum atomic E-state index is 6.57. The van der Waals surface area contributed by atoms with E-state index in [0.717, 1.165) is 38.6 Å². The van der Waals surface area contributed by atoms with Crippen molar-refractivity contribution in [2.45, 2.75) is 0 Å². The van der Waals surface area contributed by atoms with Gasteiger partial charge in [0.2, 0.25) is 5.28 Å². The van der Waals surface area contributed by atoms with Crippen molar-refractivity contribution >= 4 is 45.1 Å². The molecule has 6 heteroatoms. The molecule has 2 aromatic heterocycles. The molecule has 0 atom stereocenters. The van der Waals surface area contributed by atoms with Crippen molar-refractivity contribution in [2.75, 3.05) is 0 Å².